The van der Waals surface area contributed by atoms with Crippen LogP contribution in [0.5, 0.6) is 11.6 Å². The Balaban J connectivity index is 2.14. The molecule has 0 atom stereocenters. The number of nitrogens with zero attached hydrogens (tertiary/aromatic N) is 1. The molecular formula is C15H16ClFN2O. The van der Waals surface area contributed by atoms with Crippen molar-refractivity contribution >= 4 is 11.6 Å². The molecule has 0 aliphatic heterocycles. The van der Waals surface area contributed by atoms with Crippen LogP contribution in [0.4, 0.5) is 4.39 Å². The molecule has 0 amide bonds. The summed E-state index contributed by atoms with van der Waals surface area (Å²) in [6.07, 6.45) is 2.53. The van der Waals surface area contributed by atoms with Gasteiger partial charge >= 0.3 is 0 Å². The van der Waals surface area contributed by atoms with Crippen molar-refractivity contribution < 1.29 is 9.13 Å². The van der Waals surface area contributed by atoms with Crippen LogP contribution >= 0.6 is 11.6 Å². The second kappa shape index (κ2) is 7.22. The number of nitrogens with one attached hydrogen (secondary N) is 1. The Labute approximate surface area is 122 Å². The van der Waals surface area contributed by atoms with E-state index in [2.05, 4.69) is 17.2 Å². The number of halogens is 2. The van der Waals surface area contributed by atoms with Gasteiger partial charge in [-0.05, 0) is 37.2 Å². The fourth-order valence-electron chi connectivity index (χ4n) is 1.71. The number of hydrogen-bond donors (Lipinski definition) is 1. The van der Waals surface area contributed by atoms with E-state index in [0.717, 1.165) is 13.0 Å². The summed E-state index contributed by atoms with van der Waals surface area (Å²) in [5, 5.41) is 3.68. The maximum absolute atomic E-state index is 14.2. The fraction of sp³-hybridized carbons (Fsp3) is 0.267. The van der Waals surface area contributed by atoms with Gasteiger partial charge in [-0.15, -0.1) is 0 Å². The molecule has 0 spiro atoms. The van der Waals surface area contributed by atoms with E-state index in [1.54, 1.807) is 30.3 Å². The van der Waals surface area contributed by atoms with Crippen molar-refractivity contribution in [3.8, 4) is 11.6 Å². The molecule has 0 aliphatic rings. The number of ether oxygens (including phenoxy) is 1. The molecule has 1 aromatic carbocycles. The van der Waals surface area contributed by atoms with E-state index in [-0.39, 0.29) is 5.88 Å². The van der Waals surface area contributed by atoms with Gasteiger partial charge in [-0.25, -0.2) is 9.37 Å². The van der Waals surface area contributed by atoms with Gasteiger partial charge in [-0.3, -0.25) is 0 Å². The summed E-state index contributed by atoms with van der Waals surface area (Å²) in [4.78, 5) is 3.92. The van der Waals surface area contributed by atoms with Crippen LogP contribution in [0.25, 0.3) is 0 Å². The lowest BCUT2D eigenvalue weighted by molar-refractivity contribution is 0.417. The predicted octanol–water partition coefficient (Wildman–Crippen LogP) is 4.17. The van der Waals surface area contributed by atoms with Crippen molar-refractivity contribution in [2.24, 2.45) is 0 Å². The lowest BCUT2D eigenvalue weighted by Gasteiger charge is -2.09. The molecule has 2 aromatic rings. The summed E-state index contributed by atoms with van der Waals surface area (Å²) in [5.74, 6) is -0.0262. The molecule has 1 aromatic heterocycles. The molecule has 0 saturated heterocycles. The summed E-state index contributed by atoms with van der Waals surface area (Å²) in [7, 11) is 0. The quantitative estimate of drug-likeness (QED) is 0.812. The number of benzene rings is 1. The van der Waals surface area contributed by atoms with E-state index in [1.807, 2.05) is 0 Å². The maximum atomic E-state index is 14.2. The fourth-order valence-corrected chi connectivity index (χ4v) is 1.89. The van der Waals surface area contributed by atoms with Gasteiger partial charge in [0.05, 0.1) is 0 Å². The third-order valence-electron chi connectivity index (χ3n) is 2.69. The first-order valence-corrected chi connectivity index (χ1v) is 6.86. The number of hydrogen-bond acceptors (Lipinski definition) is 3. The standard InChI is InChI=1S/C15H16ClFN2O/c1-2-7-18-10-11-6-8-19-15(14(11)17)20-13-5-3-4-12(16)9-13/h3-6,8-9,18H,2,7,10H2,1H3. The van der Waals surface area contributed by atoms with E-state index in [0.29, 0.717) is 22.9 Å². The minimum absolute atomic E-state index is 0.0388. The molecule has 0 saturated carbocycles. The molecule has 106 valence electrons. The molecule has 0 aliphatic carbocycles. The zero-order valence-electron chi connectivity index (χ0n) is 11.2. The molecule has 0 bridgehead atoms. The number of rotatable bonds is 6. The molecule has 1 N–H and O–H groups in total. The van der Waals surface area contributed by atoms with E-state index >= 15 is 0 Å². The molecule has 5 heteroatoms. The molecule has 0 radical (unpaired) electrons. The number of aromatic nitrogens is 1. The Kier molecular flexibility index (Phi) is 5.32. The van der Waals surface area contributed by atoms with Gasteiger partial charge in [0.2, 0.25) is 0 Å². The predicted molar refractivity (Wildman–Crippen MR) is 77.7 cm³/mol. The third-order valence-corrected chi connectivity index (χ3v) is 2.93. The van der Waals surface area contributed by atoms with Crippen molar-refractivity contribution in [3.05, 3.63) is 52.9 Å². The third kappa shape index (κ3) is 3.92. The lowest BCUT2D eigenvalue weighted by Crippen LogP contribution is -2.15. The van der Waals surface area contributed by atoms with Gasteiger partial charge in [-0.2, -0.15) is 0 Å². The second-order valence-electron chi connectivity index (χ2n) is 4.33. The van der Waals surface area contributed by atoms with E-state index in [4.69, 9.17) is 16.3 Å². The highest BCUT2D eigenvalue weighted by molar-refractivity contribution is 6.30. The first kappa shape index (κ1) is 14.8. The molecule has 20 heavy (non-hydrogen) atoms. The summed E-state index contributed by atoms with van der Waals surface area (Å²) < 4.78 is 19.7. The average molecular weight is 295 g/mol. The summed E-state index contributed by atoms with van der Waals surface area (Å²) in [6, 6.07) is 8.42. The average Bonchev–Trinajstić information content (AvgIpc) is 2.43. The van der Waals surface area contributed by atoms with Gasteiger partial charge in [0, 0.05) is 23.3 Å². The molecule has 0 unspecified atom stereocenters. The topological polar surface area (TPSA) is 34.2 Å². The van der Waals surface area contributed by atoms with E-state index in [9.17, 15) is 4.39 Å². The lowest BCUT2D eigenvalue weighted by atomic mass is 10.2. The second-order valence-corrected chi connectivity index (χ2v) is 4.76. The zero-order chi connectivity index (χ0) is 14.4. The van der Waals surface area contributed by atoms with Gasteiger partial charge in [0.25, 0.3) is 5.88 Å². The Hall–Kier alpha value is -1.65. The van der Waals surface area contributed by atoms with Gasteiger partial charge < -0.3 is 10.1 Å². The highest BCUT2D eigenvalue weighted by Crippen LogP contribution is 2.25. The Morgan fingerprint density at radius 2 is 2.20 bits per heavy atom. The van der Waals surface area contributed by atoms with Crippen LogP contribution in [0.3, 0.4) is 0 Å². The Bertz CT molecular complexity index is 578. The first-order chi connectivity index (χ1) is 9.70. The van der Waals surface area contributed by atoms with Crippen LogP contribution in [0.1, 0.15) is 18.9 Å². The molecule has 1 heterocycles. The van der Waals surface area contributed by atoms with Crippen LogP contribution < -0.4 is 10.1 Å². The summed E-state index contributed by atoms with van der Waals surface area (Å²) >= 11 is 5.86. The smallest absolute Gasteiger partial charge is 0.256 e. The van der Waals surface area contributed by atoms with Crippen molar-refractivity contribution in [2.75, 3.05) is 6.54 Å². The number of pyridine rings is 1. The van der Waals surface area contributed by atoms with Crippen molar-refractivity contribution in [1.82, 2.24) is 10.3 Å². The normalized spacial score (nSPS) is 10.6. The van der Waals surface area contributed by atoms with Crippen LogP contribution in [0, 0.1) is 5.82 Å². The van der Waals surface area contributed by atoms with Gasteiger partial charge in [0.15, 0.2) is 5.82 Å². The highest BCUT2D eigenvalue weighted by atomic mass is 35.5. The van der Waals surface area contributed by atoms with Gasteiger partial charge in [-0.1, -0.05) is 24.6 Å². The van der Waals surface area contributed by atoms with E-state index in [1.165, 1.54) is 6.20 Å². The minimum Gasteiger partial charge on any atom is -0.436 e. The summed E-state index contributed by atoms with van der Waals surface area (Å²) in [6.45, 7) is 3.35. The zero-order valence-corrected chi connectivity index (χ0v) is 12.0. The Morgan fingerprint density at radius 1 is 1.35 bits per heavy atom. The summed E-state index contributed by atoms with van der Waals surface area (Å²) in [5.41, 5.74) is 0.533. The van der Waals surface area contributed by atoms with Crippen LogP contribution in [-0.4, -0.2) is 11.5 Å². The van der Waals surface area contributed by atoms with Crippen LogP contribution in [0.15, 0.2) is 36.5 Å². The van der Waals surface area contributed by atoms with Crippen molar-refractivity contribution in [3.63, 3.8) is 0 Å². The molecular weight excluding hydrogens is 279 g/mol. The van der Waals surface area contributed by atoms with Crippen LogP contribution in [-0.2, 0) is 6.54 Å². The maximum Gasteiger partial charge on any atom is 0.256 e. The SMILES string of the molecule is CCCNCc1ccnc(Oc2cccc(Cl)c2)c1F. The first-order valence-electron chi connectivity index (χ1n) is 6.48. The highest BCUT2D eigenvalue weighted by Gasteiger charge is 2.11. The monoisotopic (exact) mass is 294 g/mol. The largest absolute Gasteiger partial charge is 0.436 e. The minimum atomic E-state index is -0.448. The van der Waals surface area contributed by atoms with Crippen molar-refractivity contribution in [1.29, 1.82) is 0 Å². The van der Waals surface area contributed by atoms with Crippen LogP contribution in [0.2, 0.25) is 5.02 Å². The van der Waals surface area contributed by atoms with Crippen molar-refractivity contribution in [2.45, 2.75) is 19.9 Å². The Morgan fingerprint density at radius 3 is 2.95 bits per heavy atom. The van der Waals surface area contributed by atoms with E-state index < -0.39 is 5.82 Å². The molecule has 3 nitrogen and oxygen atoms in total. The van der Waals surface area contributed by atoms with Gasteiger partial charge in [0.1, 0.15) is 5.75 Å². The molecule has 2 rings (SSSR count). The molecule has 0 fully saturated rings.